The van der Waals surface area contributed by atoms with Gasteiger partial charge in [0.1, 0.15) is 5.82 Å². The van der Waals surface area contributed by atoms with E-state index < -0.39 is 0 Å². The molecule has 134 valence electrons. The van der Waals surface area contributed by atoms with Crippen LogP contribution in [0.3, 0.4) is 0 Å². The van der Waals surface area contributed by atoms with E-state index in [0.29, 0.717) is 18.6 Å². The second-order valence-corrected chi connectivity index (χ2v) is 7.09. The number of imidazole rings is 1. The lowest BCUT2D eigenvalue weighted by atomic mass is 9.82. The van der Waals surface area contributed by atoms with Crippen LogP contribution in [-0.4, -0.2) is 39.5 Å². The normalized spacial score (nSPS) is 25.9. The summed E-state index contributed by atoms with van der Waals surface area (Å²) in [7, 11) is 1.90. The van der Waals surface area contributed by atoms with Crippen molar-refractivity contribution in [3.8, 4) is 0 Å². The van der Waals surface area contributed by atoms with E-state index in [0.717, 1.165) is 42.7 Å². The summed E-state index contributed by atoms with van der Waals surface area (Å²) in [4.78, 5) is 19.5. The van der Waals surface area contributed by atoms with Crippen LogP contribution in [0.5, 0.6) is 0 Å². The third-order valence-electron chi connectivity index (χ3n) is 5.52. The zero-order valence-electron chi connectivity index (χ0n) is 14.8. The highest BCUT2D eigenvalue weighted by Gasteiger charge is 2.37. The first-order valence-electron chi connectivity index (χ1n) is 9.12. The van der Waals surface area contributed by atoms with Gasteiger partial charge in [-0.2, -0.15) is 5.53 Å². The Kier molecular flexibility index (Phi) is 4.45. The minimum Gasteiger partial charge on any atom is -0.338 e. The second-order valence-electron chi connectivity index (χ2n) is 7.09. The summed E-state index contributed by atoms with van der Waals surface area (Å²) >= 11 is 0. The summed E-state index contributed by atoms with van der Waals surface area (Å²) in [5.41, 5.74) is 11.5. The zero-order valence-corrected chi connectivity index (χ0v) is 14.8. The minimum absolute atomic E-state index is 0.0832. The predicted octanol–water partition coefficient (Wildman–Crippen LogP) is 1.16. The van der Waals surface area contributed by atoms with E-state index in [1.165, 1.54) is 0 Å². The number of carbonyl (C=O) groups is 1. The van der Waals surface area contributed by atoms with Crippen molar-refractivity contribution in [3.05, 3.63) is 30.1 Å². The fourth-order valence-corrected chi connectivity index (χ4v) is 4.15. The van der Waals surface area contributed by atoms with Crippen molar-refractivity contribution in [2.75, 3.05) is 7.05 Å². The zero-order chi connectivity index (χ0) is 17.4. The number of benzene rings is 1. The van der Waals surface area contributed by atoms with Gasteiger partial charge in [-0.05, 0) is 38.3 Å². The molecule has 3 unspecified atom stereocenters. The number of carbonyl (C=O) groups excluding carboxylic acids is 1. The molecular formula is C18H26N6O. The number of amides is 1. The minimum atomic E-state index is 0.0832. The Morgan fingerprint density at radius 2 is 2.08 bits per heavy atom. The first kappa shape index (κ1) is 16.5. The van der Waals surface area contributed by atoms with Crippen molar-refractivity contribution in [1.82, 2.24) is 30.8 Å². The van der Waals surface area contributed by atoms with Gasteiger partial charge in [-0.15, -0.1) is 0 Å². The molecule has 4 rings (SSSR count). The van der Waals surface area contributed by atoms with Crippen LogP contribution in [0, 0.1) is 5.92 Å². The molecular weight excluding hydrogens is 316 g/mol. The van der Waals surface area contributed by atoms with Crippen molar-refractivity contribution in [2.24, 2.45) is 5.92 Å². The smallest absolute Gasteiger partial charge is 0.225 e. The summed E-state index contributed by atoms with van der Waals surface area (Å²) in [6, 6.07) is 8.91. The van der Waals surface area contributed by atoms with Crippen LogP contribution < -0.4 is 16.4 Å². The fraction of sp³-hybridized carbons (Fsp3) is 0.556. The van der Waals surface area contributed by atoms with Crippen LogP contribution in [0.1, 0.15) is 32.0 Å². The lowest BCUT2D eigenvalue weighted by Crippen LogP contribution is -2.44. The molecule has 1 aliphatic carbocycles. The number of aryl methyl sites for hydroxylation is 1. The van der Waals surface area contributed by atoms with Crippen molar-refractivity contribution < 1.29 is 4.79 Å². The number of nitrogens with one attached hydrogen (secondary N) is 3. The molecule has 0 spiro atoms. The third kappa shape index (κ3) is 3.03. The number of aromatic nitrogens is 2. The van der Waals surface area contributed by atoms with Crippen LogP contribution >= 0.6 is 0 Å². The predicted molar refractivity (Wildman–Crippen MR) is 96.2 cm³/mol. The van der Waals surface area contributed by atoms with E-state index in [4.69, 9.17) is 4.98 Å². The Balaban J connectivity index is 1.48. The van der Waals surface area contributed by atoms with Crippen LogP contribution in [0.4, 0.5) is 0 Å². The molecule has 1 saturated heterocycles. The molecule has 2 aliphatic rings. The highest BCUT2D eigenvalue weighted by molar-refractivity contribution is 5.79. The number of para-hydroxylation sites is 2. The Hall–Kier alpha value is -1.96. The summed E-state index contributed by atoms with van der Waals surface area (Å²) < 4.78 is 2.20. The Morgan fingerprint density at radius 1 is 1.28 bits per heavy atom. The van der Waals surface area contributed by atoms with Crippen LogP contribution in [0.25, 0.3) is 11.0 Å². The monoisotopic (exact) mass is 342 g/mol. The summed E-state index contributed by atoms with van der Waals surface area (Å²) in [5.74, 6) is 1.26. The van der Waals surface area contributed by atoms with Gasteiger partial charge in [0.15, 0.2) is 0 Å². The standard InChI is InChI=1S/C18H26N6O/c1-3-24-16-7-5-4-6-14(16)19-17(24)11-23(2)18(25)12-8-9-13-15(10-12)21-22-20-13/h4-7,12-13,15,20-22H,3,8-11H2,1-2H3. The van der Waals surface area contributed by atoms with Gasteiger partial charge in [0, 0.05) is 31.6 Å². The molecule has 1 amide bonds. The molecule has 25 heavy (non-hydrogen) atoms. The van der Waals surface area contributed by atoms with Gasteiger partial charge in [-0.25, -0.2) is 15.8 Å². The molecule has 1 aliphatic heterocycles. The first-order valence-corrected chi connectivity index (χ1v) is 9.12. The van der Waals surface area contributed by atoms with E-state index in [1.54, 1.807) is 0 Å². The van der Waals surface area contributed by atoms with Gasteiger partial charge in [0.05, 0.1) is 17.6 Å². The molecule has 0 bridgehead atoms. The van der Waals surface area contributed by atoms with Crippen molar-refractivity contribution in [1.29, 1.82) is 0 Å². The number of nitrogens with zero attached hydrogens (tertiary/aromatic N) is 3. The largest absolute Gasteiger partial charge is 0.338 e. The SMILES string of the molecule is CCn1c(CN(C)C(=O)C2CCC3NNNC3C2)nc2ccccc21. The molecule has 2 heterocycles. The average molecular weight is 342 g/mol. The van der Waals surface area contributed by atoms with Gasteiger partial charge < -0.3 is 9.47 Å². The molecule has 7 heteroatoms. The Bertz CT molecular complexity index is 772. The molecule has 3 N–H and O–H groups in total. The van der Waals surface area contributed by atoms with E-state index in [-0.39, 0.29) is 11.8 Å². The lowest BCUT2D eigenvalue weighted by molar-refractivity contribution is -0.136. The van der Waals surface area contributed by atoms with E-state index in [1.807, 2.05) is 30.1 Å². The molecule has 1 aromatic heterocycles. The quantitative estimate of drug-likeness (QED) is 0.778. The van der Waals surface area contributed by atoms with Crippen molar-refractivity contribution in [3.63, 3.8) is 0 Å². The molecule has 1 aromatic carbocycles. The summed E-state index contributed by atoms with van der Waals surface area (Å²) in [6.45, 7) is 3.52. The maximum absolute atomic E-state index is 12.9. The molecule has 1 saturated carbocycles. The topological polar surface area (TPSA) is 74.2 Å². The maximum Gasteiger partial charge on any atom is 0.225 e. The Morgan fingerprint density at radius 3 is 2.92 bits per heavy atom. The van der Waals surface area contributed by atoms with E-state index >= 15 is 0 Å². The fourth-order valence-electron chi connectivity index (χ4n) is 4.15. The highest BCUT2D eigenvalue weighted by Crippen LogP contribution is 2.28. The van der Waals surface area contributed by atoms with Gasteiger partial charge in [0.25, 0.3) is 0 Å². The molecule has 3 atom stereocenters. The summed E-state index contributed by atoms with van der Waals surface area (Å²) in [5, 5.41) is 0. The number of fused-ring (bicyclic) bond motifs is 2. The number of hydrogen-bond acceptors (Lipinski definition) is 5. The van der Waals surface area contributed by atoms with Crippen LogP contribution in [-0.2, 0) is 17.9 Å². The van der Waals surface area contributed by atoms with Crippen LogP contribution in [0.2, 0.25) is 0 Å². The average Bonchev–Trinajstić information content (AvgIpc) is 3.23. The molecule has 2 fully saturated rings. The summed E-state index contributed by atoms with van der Waals surface area (Å²) in [6.07, 6.45) is 2.82. The molecule has 7 nitrogen and oxygen atoms in total. The Labute approximate surface area is 147 Å². The van der Waals surface area contributed by atoms with E-state index in [9.17, 15) is 4.79 Å². The van der Waals surface area contributed by atoms with Crippen molar-refractivity contribution in [2.45, 2.75) is 51.4 Å². The second kappa shape index (κ2) is 6.74. The van der Waals surface area contributed by atoms with Gasteiger partial charge in [-0.3, -0.25) is 4.79 Å². The van der Waals surface area contributed by atoms with Gasteiger partial charge in [-0.1, -0.05) is 12.1 Å². The highest BCUT2D eigenvalue weighted by atomic mass is 16.2. The van der Waals surface area contributed by atoms with Crippen molar-refractivity contribution >= 4 is 16.9 Å². The number of rotatable bonds is 4. The van der Waals surface area contributed by atoms with Gasteiger partial charge >= 0.3 is 0 Å². The number of hydrogen-bond donors (Lipinski definition) is 3. The molecule has 2 aromatic rings. The third-order valence-corrected chi connectivity index (χ3v) is 5.52. The maximum atomic E-state index is 12.9. The lowest BCUT2D eigenvalue weighted by Gasteiger charge is -2.32. The first-order chi connectivity index (χ1) is 12.2. The molecule has 0 radical (unpaired) electrons. The van der Waals surface area contributed by atoms with Crippen LogP contribution in [0.15, 0.2) is 24.3 Å². The van der Waals surface area contributed by atoms with Gasteiger partial charge in [0.2, 0.25) is 5.91 Å². The van der Waals surface area contributed by atoms with E-state index in [2.05, 4.69) is 33.9 Å². The number of hydrazine groups is 2.